The Morgan fingerprint density at radius 3 is 2.69 bits per heavy atom. The summed E-state index contributed by atoms with van der Waals surface area (Å²) in [5, 5.41) is 2.78. The lowest BCUT2D eigenvalue weighted by molar-refractivity contribution is -0.144. The number of alkyl carbamates (subject to hydrolysis) is 1. The van der Waals surface area contributed by atoms with Crippen molar-refractivity contribution >= 4 is 18.0 Å². The first-order valence-corrected chi connectivity index (χ1v) is 12.4. The van der Waals surface area contributed by atoms with Crippen molar-refractivity contribution in [3.8, 4) is 0 Å². The molecule has 2 unspecified atom stereocenters. The first kappa shape index (κ1) is 26.7. The maximum Gasteiger partial charge on any atom is 0.408 e. The number of likely N-dealkylation sites (tertiary alicyclic amines) is 1. The Bertz CT molecular complexity index is 887. The first-order valence-electron chi connectivity index (χ1n) is 12.4. The second kappa shape index (κ2) is 12.2. The molecule has 0 spiro atoms. The highest BCUT2D eigenvalue weighted by Gasteiger charge is 2.53. The van der Waals surface area contributed by atoms with Crippen LogP contribution in [0, 0.1) is 5.92 Å². The predicted octanol–water partition coefficient (Wildman–Crippen LogP) is 3.99. The standard InChI is InChI=1S/C27H38N2O6/c1-5-6-7-11-14-21(28-26(32)34-18-19-12-9-8-10-13-19)25(31)29-17-23-20(16-27(2,3)35-23)22(29)15-24(30)33-4/h5,8-10,12-13,20-23H,1,6-7,11,14-18H2,2-4H3,(H,28,32)/t20-,21+,22?,23?/m1/s1. The molecule has 0 aromatic heterocycles. The van der Waals surface area contributed by atoms with E-state index in [-0.39, 0.29) is 48.6 Å². The molecule has 35 heavy (non-hydrogen) atoms. The number of nitrogens with zero attached hydrogens (tertiary/aromatic N) is 1. The van der Waals surface area contributed by atoms with Gasteiger partial charge >= 0.3 is 12.1 Å². The summed E-state index contributed by atoms with van der Waals surface area (Å²) in [7, 11) is 1.35. The number of carbonyl (C=O) groups excluding carboxylic acids is 3. The van der Waals surface area contributed by atoms with E-state index in [9.17, 15) is 14.4 Å². The SMILES string of the molecule is C=CCCCC[C@H](NC(=O)OCc1ccccc1)C(=O)N1CC2OC(C)(C)C[C@@H]2C1CC(=O)OC. The van der Waals surface area contributed by atoms with E-state index < -0.39 is 12.1 Å². The van der Waals surface area contributed by atoms with Crippen LogP contribution in [0.5, 0.6) is 0 Å². The molecule has 0 radical (unpaired) electrons. The number of hydrogen-bond acceptors (Lipinski definition) is 6. The van der Waals surface area contributed by atoms with Crippen LogP contribution < -0.4 is 5.32 Å². The van der Waals surface area contributed by atoms with E-state index in [2.05, 4.69) is 11.9 Å². The highest BCUT2D eigenvalue weighted by atomic mass is 16.5. The molecule has 8 heteroatoms. The minimum Gasteiger partial charge on any atom is -0.469 e. The van der Waals surface area contributed by atoms with E-state index in [1.165, 1.54) is 7.11 Å². The number of methoxy groups -OCH3 is 1. The number of allylic oxidation sites excluding steroid dienone is 1. The van der Waals surface area contributed by atoms with Crippen LogP contribution in [0.3, 0.4) is 0 Å². The third kappa shape index (κ3) is 7.31. The first-order chi connectivity index (χ1) is 16.7. The van der Waals surface area contributed by atoms with E-state index >= 15 is 0 Å². The second-order valence-corrected chi connectivity index (χ2v) is 9.95. The lowest BCUT2D eigenvalue weighted by atomic mass is 9.89. The van der Waals surface area contributed by atoms with Gasteiger partial charge in [-0.3, -0.25) is 9.59 Å². The summed E-state index contributed by atoms with van der Waals surface area (Å²) >= 11 is 0. The summed E-state index contributed by atoms with van der Waals surface area (Å²) in [6.45, 7) is 8.30. The number of esters is 1. The Hall–Kier alpha value is -2.87. The summed E-state index contributed by atoms with van der Waals surface area (Å²) in [5.74, 6) is -0.541. The van der Waals surface area contributed by atoms with Gasteiger partial charge in [0, 0.05) is 18.5 Å². The number of carbonyl (C=O) groups is 3. The Kier molecular flexibility index (Phi) is 9.32. The van der Waals surface area contributed by atoms with Crippen molar-refractivity contribution in [3.63, 3.8) is 0 Å². The molecular formula is C27H38N2O6. The molecule has 3 rings (SSSR count). The zero-order valence-corrected chi connectivity index (χ0v) is 21.0. The molecule has 0 bridgehead atoms. The molecule has 4 atom stereocenters. The number of amides is 2. The van der Waals surface area contributed by atoms with Gasteiger partial charge in [0.05, 0.1) is 25.2 Å². The van der Waals surface area contributed by atoms with Gasteiger partial charge in [0.25, 0.3) is 0 Å². The van der Waals surface area contributed by atoms with Crippen LogP contribution in [0.15, 0.2) is 43.0 Å². The van der Waals surface area contributed by atoms with Gasteiger partial charge in [-0.15, -0.1) is 6.58 Å². The van der Waals surface area contributed by atoms with Crippen molar-refractivity contribution in [2.75, 3.05) is 13.7 Å². The molecule has 2 aliphatic rings. The fourth-order valence-electron chi connectivity index (χ4n) is 5.13. The molecule has 0 aliphatic carbocycles. The molecule has 1 aromatic rings. The summed E-state index contributed by atoms with van der Waals surface area (Å²) in [4.78, 5) is 40.2. The normalized spacial score (nSPS) is 23.3. The van der Waals surface area contributed by atoms with Gasteiger partial charge in [-0.05, 0) is 45.1 Å². The molecule has 2 amide bonds. The molecule has 8 nitrogen and oxygen atoms in total. The summed E-state index contributed by atoms with van der Waals surface area (Å²) in [5.41, 5.74) is 0.560. The number of unbranched alkanes of at least 4 members (excludes halogenated alkanes) is 2. The highest BCUT2D eigenvalue weighted by molar-refractivity contribution is 5.86. The van der Waals surface area contributed by atoms with Crippen molar-refractivity contribution in [3.05, 3.63) is 48.6 Å². The number of hydrogen-bond donors (Lipinski definition) is 1. The monoisotopic (exact) mass is 486 g/mol. The minimum atomic E-state index is -0.755. The lowest BCUT2D eigenvalue weighted by Gasteiger charge is -2.32. The molecule has 2 fully saturated rings. The molecule has 1 N–H and O–H groups in total. The fourth-order valence-corrected chi connectivity index (χ4v) is 5.13. The molecule has 192 valence electrons. The van der Waals surface area contributed by atoms with Crippen LogP contribution in [0.2, 0.25) is 0 Å². The van der Waals surface area contributed by atoms with Crippen LogP contribution in [-0.2, 0) is 30.4 Å². The molecule has 1 aromatic carbocycles. The van der Waals surface area contributed by atoms with E-state index in [4.69, 9.17) is 14.2 Å². The van der Waals surface area contributed by atoms with Gasteiger partial charge in [-0.1, -0.05) is 42.8 Å². The smallest absolute Gasteiger partial charge is 0.408 e. The van der Waals surface area contributed by atoms with E-state index in [0.717, 1.165) is 31.2 Å². The van der Waals surface area contributed by atoms with Crippen LogP contribution in [0.25, 0.3) is 0 Å². The summed E-state index contributed by atoms with van der Waals surface area (Å²) < 4.78 is 16.5. The number of rotatable bonds is 11. The van der Waals surface area contributed by atoms with Gasteiger partial charge in [0.15, 0.2) is 0 Å². The molecule has 2 heterocycles. The molecular weight excluding hydrogens is 448 g/mol. The van der Waals surface area contributed by atoms with Crippen molar-refractivity contribution < 1.29 is 28.6 Å². The summed E-state index contributed by atoms with van der Waals surface area (Å²) in [6, 6.07) is 8.28. The van der Waals surface area contributed by atoms with Crippen LogP contribution in [0.1, 0.15) is 57.9 Å². The minimum absolute atomic E-state index is 0.0412. The van der Waals surface area contributed by atoms with E-state index in [1.54, 1.807) is 4.90 Å². The molecule has 2 saturated heterocycles. The number of nitrogens with one attached hydrogen (secondary N) is 1. The van der Waals surface area contributed by atoms with Crippen LogP contribution in [0.4, 0.5) is 4.79 Å². The average Bonchev–Trinajstić information content (AvgIpc) is 3.31. The van der Waals surface area contributed by atoms with E-state index in [1.807, 2.05) is 50.3 Å². The van der Waals surface area contributed by atoms with Crippen molar-refractivity contribution in [2.45, 2.75) is 82.8 Å². The highest BCUT2D eigenvalue weighted by Crippen LogP contribution is 2.44. The fraction of sp³-hybridized carbons (Fsp3) is 0.593. The van der Waals surface area contributed by atoms with Gasteiger partial charge < -0.3 is 24.4 Å². The van der Waals surface area contributed by atoms with Crippen molar-refractivity contribution in [2.24, 2.45) is 5.92 Å². The summed E-state index contributed by atoms with van der Waals surface area (Å²) in [6.07, 6.45) is 4.81. The van der Waals surface area contributed by atoms with Crippen molar-refractivity contribution in [1.29, 1.82) is 0 Å². The van der Waals surface area contributed by atoms with Gasteiger partial charge in [-0.25, -0.2) is 4.79 Å². The number of benzene rings is 1. The zero-order chi connectivity index (χ0) is 25.4. The maximum absolute atomic E-state index is 13.7. The maximum atomic E-state index is 13.7. The second-order valence-electron chi connectivity index (χ2n) is 9.95. The van der Waals surface area contributed by atoms with Gasteiger partial charge in [0.1, 0.15) is 12.6 Å². The van der Waals surface area contributed by atoms with Gasteiger partial charge in [0.2, 0.25) is 5.91 Å². The third-order valence-electron chi connectivity index (χ3n) is 6.79. The molecule has 2 aliphatic heterocycles. The van der Waals surface area contributed by atoms with Crippen LogP contribution >= 0.6 is 0 Å². The number of fused-ring (bicyclic) bond motifs is 1. The topological polar surface area (TPSA) is 94.2 Å². The van der Waals surface area contributed by atoms with Gasteiger partial charge in [-0.2, -0.15) is 0 Å². The molecule has 0 saturated carbocycles. The van der Waals surface area contributed by atoms with E-state index in [0.29, 0.717) is 13.0 Å². The lowest BCUT2D eigenvalue weighted by Crippen LogP contribution is -2.51. The largest absolute Gasteiger partial charge is 0.469 e. The Balaban J connectivity index is 1.71. The third-order valence-corrected chi connectivity index (χ3v) is 6.79. The Morgan fingerprint density at radius 2 is 2.00 bits per heavy atom. The zero-order valence-electron chi connectivity index (χ0n) is 21.0. The predicted molar refractivity (Wildman–Crippen MR) is 131 cm³/mol. The quantitative estimate of drug-likeness (QED) is 0.289. The number of ether oxygens (including phenoxy) is 3. The van der Waals surface area contributed by atoms with Crippen LogP contribution in [-0.4, -0.2) is 60.3 Å². The average molecular weight is 487 g/mol. The Morgan fingerprint density at radius 1 is 1.26 bits per heavy atom. The Labute approximate surface area is 208 Å². The van der Waals surface area contributed by atoms with Crippen molar-refractivity contribution in [1.82, 2.24) is 10.2 Å².